The summed E-state index contributed by atoms with van der Waals surface area (Å²) in [6, 6.07) is -1.56. The molecule has 0 aromatic carbocycles. The number of carbonyl (C=O) groups is 2. The first-order chi connectivity index (χ1) is 7.39. The lowest BCUT2D eigenvalue weighted by molar-refractivity contribution is -0.122. The SMILES string of the molecule is CS(=O)(=O)N1CC2CC1C1C(=O)NC(=O)N21. The van der Waals surface area contributed by atoms with Gasteiger partial charge in [0.05, 0.1) is 12.3 Å². The highest BCUT2D eigenvalue weighted by Gasteiger charge is 2.60. The van der Waals surface area contributed by atoms with Crippen LogP contribution in [0.25, 0.3) is 0 Å². The highest BCUT2D eigenvalue weighted by Crippen LogP contribution is 2.39. The maximum Gasteiger partial charge on any atom is 0.325 e. The van der Waals surface area contributed by atoms with Gasteiger partial charge in [0.1, 0.15) is 6.04 Å². The molecule has 0 radical (unpaired) electrons. The van der Waals surface area contributed by atoms with Gasteiger partial charge in [0.2, 0.25) is 10.0 Å². The number of urea groups is 1. The Morgan fingerprint density at radius 2 is 2.06 bits per heavy atom. The van der Waals surface area contributed by atoms with Crippen molar-refractivity contribution in [2.75, 3.05) is 12.8 Å². The van der Waals surface area contributed by atoms with E-state index < -0.39 is 22.1 Å². The van der Waals surface area contributed by atoms with Gasteiger partial charge >= 0.3 is 6.03 Å². The normalized spacial score (nSPS) is 38.1. The number of sulfonamides is 1. The van der Waals surface area contributed by atoms with E-state index in [9.17, 15) is 18.0 Å². The number of nitrogens with one attached hydrogen (secondary N) is 1. The van der Waals surface area contributed by atoms with Gasteiger partial charge in [0, 0.05) is 12.6 Å². The van der Waals surface area contributed by atoms with Gasteiger partial charge in [-0.05, 0) is 6.42 Å². The summed E-state index contributed by atoms with van der Waals surface area (Å²) in [6.45, 7) is 0.306. The summed E-state index contributed by atoms with van der Waals surface area (Å²) in [5.74, 6) is -0.383. The molecule has 7 nitrogen and oxygen atoms in total. The molecule has 3 atom stereocenters. The Morgan fingerprint density at radius 3 is 2.69 bits per heavy atom. The molecular weight excluding hydrogens is 234 g/mol. The third kappa shape index (κ3) is 1.08. The van der Waals surface area contributed by atoms with E-state index in [1.54, 1.807) is 0 Å². The quantitative estimate of drug-likeness (QED) is 0.559. The Kier molecular flexibility index (Phi) is 1.72. The van der Waals surface area contributed by atoms with Crippen LogP contribution in [-0.4, -0.2) is 60.5 Å². The van der Waals surface area contributed by atoms with Gasteiger partial charge < -0.3 is 4.90 Å². The smallest absolute Gasteiger partial charge is 0.306 e. The second-order valence-electron chi connectivity index (χ2n) is 4.44. The molecule has 3 saturated heterocycles. The van der Waals surface area contributed by atoms with Crippen LogP contribution >= 0.6 is 0 Å². The molecular formula is C8H11N3O4S. The zero-order valence-electron chi connectivity index (χ0n) is 8.58. The summed E-state index contributed by atoms with van der Waals surface area (Å²) in [6.07, 6.45) is 1.70. The first kappa shape index (κ1) is 10.0. The van der Waals surface area contributed by atoms with E-state index in [-0.39, 0.29) is 18.0 Å². The molecule has 3 unspecified atom stereocenters. The standard InChI is InChI=1S/C8H11N3O4S/c1-16(14,15)10-3-4-2-5(10)6-7(12)9-8(13)11(4)6/h4-6H,2-3H2,1H3,(H,9,12,13). The predicted octanol–water partition coefficient (Wildman–Crippen LogP) is -1.68. The van der Waals surface area contributed by atoms with Crippen molar-refractivity contribution in [2.45, 2.75) is 24.5 Å². The number of amides is 3. The molecule has 3 rings (SSSR count). The van der Waals surface area contributed by atoms with Crippen LogP contribution in [0.1, 0.15) is 6.42 Å². The zero-order valence-corrected chi connectivity index (χ0v) is 9.40. The average Bonchev–Trinajstić information content (AvgIpc) is 2.76. The number of rotatable bonds is 1. The molecule has 8 heteroatoms. The molecule has 0 aliphatic carbocycles. The van der Waals surface area contributed by atoms with Crippen LogP contribution in [-0.2, 0) is 14.8 Å². The molecule has 0 aromatic heterocycles. The van der Waals surface area contributed by atoms with Gasteiger partial charge in [-0.1, -0.05) is 0 Å². The summed E-state index contributed by atoms with van der Waals surface area (Å²) < 4.78 is 24.3. The van der Waals surface area contributed by atoms with Crippen LogP contribution in [0, 0.1) is 0 Å². The van der Waals surface area contributed by atoms with Crippen LogP contribution in [0.15, 0.2) is 0 Å². The fourth-order valence-electron chi connectivity index (χ4n) is 2.93. The number of piperazine rings is 1. The number of carbonyl (C=O) groups excluding carboxylic acids is 2. The third-order valence-electron chi connectivity index (χ3n) is 3.49. The van der Waals surface area contributed by atoms with Crippen LogP contribution in [0.3, 0.4) is 0 Å². The average molecular weight is 245 g/mol. The zero-order chi connectivity index (χ0) is 11.7. The largest absolute Gasteiger partial charge is 0.325 e. The lowest BCUT2D eigenvalue weighted by Crippen LogP contribution is -2.54. The molecule has 3 heterocycles. The second-order valence-corrected chi connectivity index (χ2v) is 6.37. The van der Waals surface area contributed by atoms with Crippen LogP contribution in [0.5, 0.6) is 0 Å². The summed E-state index contributed by atoms with van der Waals surface area (Å²) in [5, 5.41) is 2.22. The Bertz CT molecular complexity index is 488. The highest BCUT2D eigenvalue weighted by atomic mass is 32.2. The van der Waals surface area contributed by atoms with E-state index in [4.69, 9.17) is 0 Å². The van der Waals surface area contributed by atoms with Crippen molar-refractivity contribution in [2.24, 2.45) is 0 Å². The summed E-state index contributed by atoms with van der Waals surface area (Å²) in [5.41, 5.74) is 0. The lowest BCUT2D eigenvalue weighted by atomic mass is 10.1. The van der Waals surface area contributed by atoms with Crippen molar-refractivity contribution in [1.29, 1.82) is 0 Å². The van der Waals surface area contributed by atoms with Gasteiger partial charge in [-0.25, -0.2) is 13.2 Å². The molecule has 0 spiro atoms. The van der Waals surface area contributed by atoms with E-state index in [0.717, 1.165) is 6.26 Å². The van der Waals surface area contributed by atoms with Crippen molar-refractivity contribution in [3.63, 3.8) is 0 Å². The Hall–Kier alpha value is -1.15. The highest BCUT2D eigenvalue weighted by molar-refractivity contribution is 7.88. The molecule has 1 N–H and O–H groups in total. The minimum Gasteiger partial charge on any atom is -0.306 e. The number of hydrogen-bond acceptors (Lipinski definition) is 4. The second kappa shape index (κ2) is 2.75. The fourth-order valence-corrected chi connectivity index (χ4v) is 4.07. The van der Waals surface area contributed by atoms with E-state index in [1.165, 1.54) is 9.21 Å². The van der Waals surface area contributed by atoms with Gasteiger partial charge in [-0.15, -0.1) is 0 Å². The summed E-state index contributed by atoms with van der Waals surface area (Å²) in [4.78, 5) is 24.5. The maximum atomic E-state index is 11.5. The molecule has 3 aliphatic heterocycles. The van der Waals surface area contributed by atoms with Crippen molar-refractivity contribution < 1.29 is 18.0 Å². The first-order valence-corrected chi connectivity index (χ1v) is 6.84. The van der Waals surface area contributed by atoms with Crippen molar-refractivity contribution in [3.8, 4) is 0 Å². The summed E-state index contributed by atoms with van der Waals surface area (Å²) in [7, 11) is -3.30. The molecule has 0 aromatic rings. The van der Waals surface area contributed by atoms with Gasteiger partial charge in [0.15, 0.2) is 0 Å². The molecule has 16 heavy (non-hydrogen) atoms. The van der Waals surface area contributed by atoms with E-state index in [1.807, 2.05) is 0 Å². The lowest BCUT2D eigenvalue weighted by Gasteiger charge is -2.33. The topological polar surface area (TPSA) is 86.8 Å². The maximum absolute atomic E-state index is 11.5. The summed E-state index contributed by atoms with van der Waals surface area (Å²) >= 11 is 0. The Morgan fingerprint density at radius 1 is 1.38 bits per heavy atom. The van der Waals surface area contributed by atoms with Crippen LogP contribution in [0.2, 0.25) is 0 Å². The molecule has 3 amide bonds. The van der Waals surface area contributed by atoms with Crippen molar-refractivity contribution in [3.05, 3.63) is 0 Å². The Labute approximate surface area is 92.4 Å². The van der Waals surface area contributed by atoms with Crippen LogP contribution in [0.4, 0.5) is 4.79 Å². The van der Waals surface area contributed by atoms with Gasteiger partial charge in [-0.2, -0.15) is 4.31 Å². The number of nitrogens with zero attached hydrogens (tertiary/aromatic N) is 2. The molecule has 88 valence electrons. The van der Waals surface area contributed by atoms with Gasteiger partial charge in [0.25, 0.3) is 5.91 Å². The first-order valence-electron chi connectivity index (χ1n) is 4.99. The molecule has 3 fully saturated rings. The van der Waals surface area contributed by atoms with Crippen LogP contribution < -0.4 is 5.32 Å². The minimum atomic E-state index is -3.30. The predicted molar refractivity (Wildman–Crippen MR) is 52.9 cm³/mol. The minimum absolute atomic E-state index is 0.156. The number of hydrogen-bond donors (Lipinski definition) is 1. The number of fused-ring (bicyclic) bond motifs is 5. The molecule has 0 saturated carbocycles. The third-order valence-corrected chi connectivity index (χ3v) is 4.76. The van der Waals surface area contributed by atoms with Crippen molar-refractivity contribution >= 4 is 22.0 Å². The molecule has 2 bridgehead atoms. The van der Waals surface area contributed by atoms with E-state index >= 15 is 0 Å². The monoisotopic (exact) mass is 245 g/mol. The fraction of sp³-hybridized carbons (Fsp3) is 0.750. The number of imide groups is 1. The van der Waals surface area contributed by atoms with E-state index in [0.29, 0.717) is 13.0 Å². The van der Waals surface area contributed by atoms with Crippen molar-refractivity contribution in [1.82, 2.24) is 14.5 Å². The van der Waals surface area contributed by atoms with E-state index in [2.05, 4.69) is 5.32 Å². The molecule has 3 aliphatic rings. The Balaban J connectivity index is 1.99. The van der Waals surface area contributed by atoms with Gasteiger partial charge in [-0.3, -0.25) is 10.1 Å².